The monoisotopic (exact) mass is 710 g/mol. The lowest BCUT2D eigenvalue weighted by Crippen LogP contribution is -2.60. The highest BCUT2D eigenvalue weighted by Gasteiger charge is 2.46. The molecule has 262 valence electrons. The molecule has 0 amide bonds. The number of hydrogen-bond donors (Lipinski definition) is 0. The Bertz CT molecular complexity index is 2850. The zero-order valence-corrected chi connectivity index (χ0v) is 32.8. The minimum atomic E-state index is -0.132. The van der Waals surface area contributed by atoms with Gasteiger partial charge in [0.25, 0.3) is 0 Å². The summed E-state index contributed by atoms with van der Waals surface area (Å²) in [5, 5.41) is 5.57. The number of anilines is 2. The van der Waals surface area contributed by atoms with Crippen LogP contribution < -0.4 is 15.7 Å². The molecule has 0 spiro atoms. The van der Waals surface area contributed by atoms with Gasteiger partial charge in [0.05, 0.1) is 11.0 Å². The first-order valence-corrected chi connectivity index (χ1v) is 19.3. The zero-order valence-electron chi connectivity index (χ0n) is 32.1. The Balaban J connectivity index is 1.46. The molecular weight excluding hydrogens is 667 g/mol. The van der Waals surface area contributed by atoms with E-state index in [0.29, 0.717) is 5.02 Å². The number of fused-ring (bicyclic) bond motifs is 13. The van der Waals surface area contributed by atoms with E-state index in [1.807, 2.05) is 6.07 Å². The van der Waals surface area contributed by atoms with Crippen molar-refractivity contribution in [2.75, 3.05) is 4.81 Å². The van der Waals surface area contributed by atoms with E-state index in [9.17, 15) is 0 Å². The Labute approximate surface area is 317 Å². The van der Waals surface area contributed by atoms with Gasteiger partial charge in [-0.1, -0.05) is 129 Å². The average molecular weight is 711 g/mol. The van der Waals surface area contributed by atoms with Gasteiger partial charge in [-0.3, -0.25) is 0 Å². The van der Waals surface area contributed by atoms with Crippen molar-refractivity contribution < 1.29 is 4.42 Å². The van der Waals surface area contributed by atoms with Crippen LogP contribution in [0.5, 0.6) is 0 Å². The van der Waals surface area contributed by atoms with Crippen molar-refractivity contribution in [1.82, 2.24) is 4.57 Å². The van der Waals surface area contributed by atoms with E-state index in [1.165, 1.54) is 60.5 Å². The molecule has 6 aromatic carbocycles. The predicted molar refractivity (Wildman–Crippen MR) is 228 cm³/mol. The van der Waals surface area contributed by atoms with Crippen molar-refractivity contribution in [2.24, 2.45) is 0 Å². The van der Waals surface area contributed by atoms with Crippen molar-refractivity contribution in [2.45, 2.75) is 78.6 Å². The highest BCUT2D eigenvalue weighted by atomic mass is 35.5. The van der Waals surface area contributed by atoms with Gasteiger partial charge in [-0.25, -0.2) is 0 Å². The highest BCUT2D eigenvalue weighted by Crippen LogP contribution is 2.51. The van der Waals surface area contributed by atoms with Gasteiger partial charge in [-0.15, -0.1) is 0 Å². The fourth-order valence-electron chi connectivity index (χ4n) is 9.09. The average Bonchev–Trinajstić information content (AvgIpc) is 3.65. The van der Waals surface area contributed by atoms with E-state index in [2.05, 4.69) is 169 Å². The van der Waals surface area contributed by atoms with Gasteiger partial charge in [0.15, 0.2) is 0 Å². The molecule has 2 aromatic heterocycles. The standard InChI is InChI=1S/C48H44BClN2O/c1-46(2,3)27-14-19-31(20-15-27)52-38-26-30(50)18-21-32(38)42-43-44-40(41-33-12-10-11-13-39(33)53-45(41)42)34-24-28(47(4,5)6)16-22-36(34)51(44)37-23-17-29(48(7,8)9)25-35(37)49(43)52/h10-26H,1-9H3. The van der Waals surface area contributed by atoms with Gasteiger partial charge in [0, 0.05) is 54.8 Å². The second-order valence-electron chi connectivity index (χ2n) is 18.4. The van der Waals surface area contributed by atoms with Crippen LogP contribution in [0.2, 0.25) is 5.02 Å². The first kappa shape index (κ1) is 32.7. The van der Waals surface area contributed by atoms with E-state index in [0.717, 1.165) is 39.1 Å². The van der Waals surface area contributed by atoms with Gasteiger partial charge < -0.3 is 13.8 Å². The number of furan rings is 1. The molecule has 0 atom stereocenters. The first-order valence-electron chi connectivity index (χ1n) is 18.9. The van der Waals surface area contributed by atoms with Crippen LogP contribution >= 0.6 is 11.6 Å². The number of nitrogens with zero attached hydrogens (tertiary/aromatic N) is 2. The van der Waals surface area contributed by atoms with Crippen molar-refractivity contribution >= 4 is 84.5 Å². The van der Waals surface area contributed by atoms with Crippen molar-refractivity contribution in [3.05, 3.63) is 125 Å². The Kier molecular flexibility index (Phi) is 6.54. The third-order valence-corrected chi connectivity index (χ3v) is 12.1. The second-order valence-corrected chi connectivity index (χ2v) is 18.8. The molecule has 0 unspecified atom stereocenters. The molecule has 0 fully saturated rings. The third-order valence-electron chi connectivity index (χ3n) is 11.9. The van der Waals surface area contributed by atoms with E-state index >= 15 is 0 Å². The molecule has 4 heterocycles. The van der Waals surface area contributed by atoms with Crippen LogP contribution in [0, 0.1) is 0 Å². The highest BCUT2D eigenvalue weighted by molar-refractivity contribution is 6.94. The smallest absolute Gasteiger partial charge is 0.333 e. The largest absolute Gasteiger partial charge is 0.455 e. The predicted octanol–water partition coefficient (Wildman–Crippen LogP) is 12.5. The van der Waals surface area contributed by atoms with Crippen molar-refractivity contribution in [1.29, 1.82) is 0 Å². The first-order chi connectivity index (χ1) is 25.1. The lowest BCUT2D eigenvalue weighted by Gasteiger charge is -2.42. The molecule has 5 heteroatoms. The van der Waals surface area contributed by atoms with Crippen LogP contribution in [0.25, 0.3) is 60.6 Å². The summed E-state index contributed by atoms with van der Waals surface area (Å²) in [5.41, 5.74) is 16.6. The van der Waals surface area contributed by atoms with Crippen molar-refractivity contribution in [3.63, 3.8) is 0 Å². The van der Waals surface area contributed by atoms with Crippen LogP contribution in [-0.2, 0) is 16.2 Å². The molecule has 2 aliphatic heterocycles. The fraction of sp³-hybridized carbons (Fsp3) is 0.250. The minimum absolute atomic E-state index is 0.00907. The van der Waals surface area contributed by atoms with Gasteiger partial charge >= 0.3 is 6.85 Å². The summed E-state index contributed by atoms with van der Waals surface area (Å²) in [6.07, 6.45) is 0. The lowest BCUT2D eigenvalue weighted by molar-refractivity contribution is 0.590. The number of rotatable bonds is 1. The molecule has 0 radical (unpaired) electrons. The van der Waals surface area contributed by atoms with E-state index < -0.39 is 0 Å². The molecule has 53 heavy (non-hydrogen) atoms. The van der Waals surface area contributed by atoms with E-state index in [4.69, 9.17) is 16.0 Å². The number of aromatic nitrogens is 1. The van der Waals surface area contributed by atoms with Crippen LogP contribution in [0.3, 0.4) is 0 Å². The fourth-order valence-corrected chi connectivity index (χ4v) is 9.26. The third kappa shape index (κ3) is 4.54. The number of para-hydroxylation sites is 1. The van der Waals surface area contributed by atoms with Crippen molar-refractivity contribution in [3.8, 4) is 16.8 Å². The topological polar surface area (TPSA) is 21.3 Å². The van der Waals surface area contributed by atoms with Gasteiger partial charge in [0.1, 0.15) is 11.2 Å². The summed E-state index contributed by atoms with van der Waals surface area (Å²) in [7, 11) is 0. The number of benzene rings is 6. The summed E-state index contributed by atoms with van der Waals surface area (Å²) in [6.45, 7) is 20.5. The summed E-state index contributed by atoms with van der Waals surface area (Å²) < 4.78 is 9.64. The Hall–Kier alpha value is -4.93. The molecule has 0 N–H and O–H groups in total. The van der Waals surface area contributed by atoms with Crippen LogP contribution in [0.4, 0.5) is 11.4 Å². The van der Waals surface area contributed by atoms with Gasteiger partial charge in [0.2, 0.25) is 0 Å². The maximum Gasteiger partial charge on any atom is 0.333 e. The Morgan fingerprint density at radius 2 is 1.26 bits per heavy atom. The Morgan fingerprint density at radius 3 is 1.98 bits per heavy atom. The maximum atomic E-state index is 7.07. The summed E-state index contributed by atoms with van der Waals surface area (Å²) in [5.74, 6) is 0. The summed E-state index contributed by atoms with van der Waals surface area (Å²) in [4.78, 5) is 2.55. The molecule has 0 saturated carbocycles. The molecule has 0 saturated heterocycles. The second kappa shape index (κ2) is 10.6. The number of hydrogen-bond acceptors (Lipinski definition) is 2. The molecule has 2 aliphatic rings. The lowest BCUT2D eigenvalue weighted by atomic mass is 9.43. The molecular formula is C48H44BClN2O. The minimum Gasteiger partial charge on any atom is -0.455 e. The van der Waals surface area contributed by atoms with E-state index in [-0.39, 0.29) is 23.1 Å². The maximum absolute atomic E-state index is 7.07. The Morgan fingerprint density at radius 1 is 0.604 bits per heavy atom. The van der Waals surface area contributed by atoms with Crippen LogP contribution in [0.1, 0.15) is 79.0 Å². The quantitative estimate of drug-likeness (QED) is 0.158. The van der Waals surface area contributed by atoms with Gasteiger partial charge in [-0.2, -0.15) is 0 Å². The zero-order chi connectivity index (χ0) is 36.9. The molecule has 0 bridgehead atoms. The summed E-state index contributed by atoms with van der Waals surface area (Å²) >= 11 is 6.96. The molecule has 8 aromatic rings. The van der Waals surface area contributed by atoms with Crippen LogP contribution in [-0.4, -0.2) is 11.4 Å². The molecule has 0 aliphatic carbocycles. The van der Waals surface area contributed by atoms with Crippen LogP contribution in [0.15, 0.2) is 108 Å². The van der Waals surface area contributed by atoms with Gasteiger partial charge in [-0.05, 0) is 92.4 Å². The normalized spacial score (nSPS) is 14.2. The SMILES string of the molecule is CC(C)(C)c1ccc(N2B3c4cc(C(C)(C)C)ccc4-n4c5ccc(C(C)(C)C)cc5c5c6c(oc7ccccc76)c(c3c54)-c3ccc(Cl)cc32)cc1. The molecule has 10 rings (SSSR count). The van der Waals surface area contributed by atoms with E-state index in [1.54, 1.807) is 0 Å². The molecule has 3 nitrogen and oxygen atoms in total. The summed E-state index contributed by atoms with van der Waals surface area (Å²) in [6, 6.07) is 38.5. The number of halogens is 1.